The van der Waals surface area contributed by atoms with Crippen molar-refractivity contribution in [3.05, 3.63) is 11.6 Å². The fourth-order valence-electron chi connectivity index (χ4n) is 2.15. The van der Waals surface area contributed by atoms with E-state index in [-0.39, 0.29) is 0 Å². The van der Waals surface area contributed by atoms with Gasteiger partial charge in [-0.25, -0.2) is 4.98 Å². The highest BCUT2D eigenvalue weighted by Gasteiger charge is 2.06. The first kappa shape index (κ1) is 16.3. The fourth-order valence-corrected chi connectivity index (χ4v) is 2.61. The zero-order chi connectivity index (χ0) is 13.8. The number of hydrogen-bond acceptors (Lipinski definition) is 4. The summed E-state index contributed by atoms with van der Waals surface area (Å²) in [5.41, 5.74) is 0. The molecule has 1 aromatic heterocycles. The van der Waals surface area contributed by atoms with Crippen LogP contribution >= 0.6 is 11.3 Å². The molecule has 0 bridgehead atoms. The van der Waals surface area contributed by atoms with E-state index >= 15 is 0 Å². The van der Waals surface area contributed by atoms with Gasteiger partial charge in [-0.3, -0.25) is 0 Å². The average molecular weight is 281 g/mol. The lowest BCUT2D eigenvalue weighted by Gasteiger charge is -2.09. The SMILES string of the molecule is CCCCCCCCC(CCC)N=Nc1nccs1. The normalized spacial score (nSPS) is 13.2. The third-order valence-corrected chi connectivity index (χ3v) is 3.89. The van der Waals surface area contributed by atoms with Crippen LogP contribution in [0.4, 0.5) is 5.13 Å². The quantitative estimate of drug-likeness (QED) is 0.354. The van der Waals surface area contributed by atoms with Gasteiger partial charge in [0, 0.05) is 11.6 Å². The van der Waals surface area contributed by atoms with Crippen LogP contribution in [-0.4, -0.2) is 11.0 Å². The number of azo groups is 1. The Balaban J connectivity index is 2.20. The van der Waals surface area contributed by atoms with E-state index in [9.17, 15) is 0 Å². The van der Waals surface area contributed by atoms with E-state index in [0.717, 1.165) is 11.6 Å². The van der Waals surface area contributed by atoms with E-state index < -0.39 is 0 Å². The first-order valence-corrected chi connectivity index (χ1v) is 8.55. The van der Waals surface area contributed by atoms with E-state index in [0.29, 0.717) is 6.04 Å². The molecule has 19 heavy (non-hydrogen) atoms. The molecule has 1 atom stereocenters. The lowest BCUT2D eigenvalue weighted by Crippen LogP contribution is -2.02. The molecule has 1 heterocycles. The highest BCUT2D eigenvalue weighted by Crippen LogP contribution is 2.19. The third kappa shape index (κ3) is 8.09. The van der Waals surface area contributed by atoms with Crippen molar-refractivity contribution < 1.29 is 0 Å². The van der Waals surface area contributed by atoms with Crippen LogP contribution in [0.5, 0.6) is 0 Å². The van der Waals surface area contributed by atoms with Gasteiger partial charge in [0.2, 0.25) is 5.13 Å². The van der Waals surface area contributed by atoms with E-state index in [1.165, 1.54) is 51.4 Å². The fraction of sp³-hybridized carbons (Fsp3) is 0.800. The van der Waals surface area contributed by atoms with E-state index in [4.69, 9.17) is 0 Å². The standard InChI is InChI=1S/C15H27N3S/c1-3-5-6-7-8-9-11-14(10-4-2)17-18-15-16-12-13-19-15/h12-14H,3-11H2,1-2H3. The summed E-state index contributed by atoms with van der Waals surface area (Å²) in [5.74, 6) is 0. The van der Waals surface area contributed by atoms with Crippen molar-refractivity contribution in [1.29, 1.82) is 0 Å². The summed E-state index contributed by atoms with van der Waals surface area (Å²) in [7, 11) is 0. The molecular weight excluding hydrogens is 254 g/mol. The monoisotopic (exact) mass is 281 g/mol. The number of nitrogens with zero attached hydrogens (tertiary/aromatic N) is 3. The van der Waals surface area contributed by atoms with E-state index in [1.807, 2.05) is 5.38 Å². The largest absolute Gasteiger partial charge is 0.229 e. The Morgan fingerprint density at radius 1 is 1.05 bits per heavy atom. The molecule has 1 rings (SSSR count). The molecule has 0 aliphatic heterocycles. The zero-order valence-corrected chi connectivity index (χ0v) is 13.2. The van der Waals surface area contributed by atoms with Gasteiger partial charge in [-0.2, -0.15) is 5.11 Å². The van der Waals surface area contributed by atoms with Crippen molar-refractivity contribution in [2.24, 2.45) is 10.2 Å². The molecule has 0 saturated carbocycles. The van der Waals surface area contributed by atoms with Crippen molar-refractivity contribution in [2.75, 3.05) is 0 Å². The smallest absolute Gasteiger partial charge is 0.226 e. The van der Waals surface area contributed by atoms with Crippen LogP contribution in [-0.2, 0) is 0 Å². The number of aromatic nitrogens is 1. The van der Waals surface area contributed by atoms with Gasteiger partial charge in [0.1, 0.15) is 0 Å². The second kappa shape index (κ2) is 11.1. The maximum atomic E-state index is 4.46. The van der Waals surface area contributed by atoms with Gasteiger partial charge in [0.15, 0.2) is 0 Å². The minimum absolute atomic E-state index is 0.389. The van der Waals surface area contributed by atoms with Crippen molar-refractivity contribution in [3.63, 3.8) is 0 Å². The third-order valence-electron chi connectivity index (χ3n) is 3.24. The summed E-state index contributed by atoms with van der Waals surface area (Å²) in [5, 5.41) is 11.4. The topological polar surface area (TPSA) is 37.6 Å². The molecule has 108 valence electrons. The van der Waals surface area contributed by atoms with Crippen molar-refractivity contribution in [3.8, 4) is 0 Å². The highest BCUT2D eigenvalue weighted by atomic mass is 32.1. The molecule has 0 saturated heterocycles. The van der Waals surface area contributed by atoms with Crippen LogP contribution in [0.2, 0.25) is 0 Å². The lowest BCUT2D eigenvalue weighted by atomic mass is 10.0. The Kier molecular flexibility index (Phi) is 9.51. The minimum atomic E-state index is 0.389. The summed E-state index contributed by atoms with van der Waals surface area (Å²) in [6.07, 6.45) is 13.4. The number of rotatable bonds is 11. The molecule has 0 amide bonds. The number of unbranched alkanes of at least 4 members (excludes halogenated alkanes) is 5. The van der Waals surface area contributed by atoms with Gasteiger partial charge in [0.05, 0.1) is 6.04 Å². The Morgan fingerprint density at radius 3 is 2.53 bits per heavy atom. The van der Waals surface area contributed by atoms with Gasteiger partial charge < -0.3 is 0 Å². The Hall–Kier alpha value is -0.770. The van der Waals surface area contributed by atoms with Gasteiger partial charge >= 0.3 is 0 Å². The predicted molar refractivity (Wildman–Crippen MR) is 83.3 cm³/mol. The molecule has 1 aromatic rings. The van der Waals surface area contributed by atoms with Gasteiger partial charge in [-0.1, -0.05) is 58.8 Å². The predicted octanol–water partition coefficient (Wildman–Crippen LogP) is 6.15. The van der Waals surface area contributed by atoms with Gasteiger partial charge in [-0.15, -0.1) is 16.5 Å². The maximum Gasteiger partial charge on any atom is 0.229 e. The van der Waals surface area contributed by atoms with Gasteiger partial charge in [-0.05, 0) is 12.8 Å². The zero-order valence-electron chi connectivity index (χ0n) is 12.3. The molecule has 0 spiro atoms. The number of hydrogen-bond donors (Lipinski definition) is 0. The lowest BCUT2D eigenvalue weighted by molar-refractivity contribution is 0.497. The van der Waals surface area contributed by atoms with Crippen molar-refractivity contribution in [1.82, 2.24) is 4.98 Å². The van der Waals surface area contributed by atoms with Gasteiger partial charge in [0.25, 0.3) is 0 Å². The average Bonchev–Trinajstić information content (AvgIpc) is 2.93. The van der Waals surface area contributed by atoms with Crippen LogP contribution < -0.4 is 0 Å². The molecule has 0 N–H and O–H groups in total. The van der Waals surface area contributed by atoms with E-state index in [1.54, 1.807) is 17.5 Å². The Morgan fingerprint density at radius 2 is 1.84 bits per heavy atom. The summed E-state index contributed by atoms with van der Waals surface area (Å²) in [6.45, 7) is 4.48. The molecule has 3 nitrogen and oxygen atoms in total. The Bertz CT molecular complexity index is 322. The minimum Gasteiger partial charge on any atom is -0.226 e. The van der Waals surface area contributed by atoms with Crippen LogP contribution in [0, 0.1) is 0 Å². The molecule has 1 unspecified atom stereocenters. The summed E-state index contributed by atoms with van der Waals surface area (Å²) in [6, 6.07) is 0.389. The van der Waals surface area contributed by atoms with Crippen LogP contribution in [0.15, 0.2) is 21.8 Å². The Labute approximate surface area is 121 Å². The van der Waals surface area contributed by atoms with Crippen LogP contribution in [0.3, 0.4) is 0 Å². The first-order chi connectivity index (χ1) is 9.36. The molecule has 0 aromatic carbocycles. The van der Waals surface area contributed by atoms with Crippen molar-refractivity contribution in [2.45, 2.75) is 77.7 Å². The summed E-state index contributed by atoms with van der Waals surface area (Å²) < 4.78 is 0. The van der Waals surface area contributed by atoms with Crippen LogP contribution in [0.25, 0.3) is 0 Å². The van der Waals surface area contributed by atoms with E-state index in [2.05, 4.69) is 29.1 Å². The molecule has 0 radical (unpaired) electrons. The maximum absolute atomic E-state index is 4.46. The summed E-state index contributed by atoms with van der Waals surface area (Å²) in [4.78, 5) is 4.14. The number of thiazole rings is 1. The highest BCUT2D eigenvalue weighted by molar-refractivity contribution is 7.13. The molecule has 0 fully saturated rings. The molecule has 0 aliphatic rings. The second-order valence-corrected chi connectivity index (χ2v) is 5.90. The molecule has 0 aliphatic carbocycles. The van der Waals surface area contributed by atoms with Crippen LogP contribution in [0.1, 0.15) is 71.6 Å². The summed E-state index contributed by atoms with van der Waals surface area (Å²) >= 11 is 1.55. The molecule has 4 heteroatoms. The first-order valence-electron chi connectivity index (χ1n) is 7.67. The second-order valence-electron chi connectivity index (χ2n) is 5.03. The molecular formula is C15H27N3S. The van der Waals surface area contributed by atoms with Crippen molar-refractivity contribution >= 4 is 16.5 Å².